The maximum Gasteiger partial charge on any atom is 0.0954 e. The molecule has 0 heterocycles. The zero-order valence-corrected chi connectivity index (χ0v) is 13.8. The maximum absolute atomic E-state index is 2.92. The fourth-order valence-electron chi connectivity index (χ4n) is 2.82. The van der Waals surface area contributed by atoms with Crippen molar-refractivity contribution in [3.8, 4) is 0 Å². The van der Waals surface area contributed by atoms with E-state index in [1.165, 1.54) is 32.1 Å². The molecule has 0 aromatic rings. The first-order chi connectivity index (χ1) is 7.25. The Hall–Kier alpha value is 0.394. The fraction of sp³-hybridized carbons (Fsp3) is 1.00. The first kappa shape index (κ1) is 13.5. The predicted molar refractivity (Wildman–Crippen MR) is 76.4 cm³/mol. The van der Waals surface area contributed by atoms with E-state index < -0.39 is 0 Å². The van der Waals surface area contributed by atoms with Gasteiger partial charge in [-0.1, -0.05) is 51.7 Å². The van der Waals surface area contributed by atoms with Crippen molar-refractivity contribution in [3.05, 3.63) is 0 Å². The average molecular weight is 244 g/mol. The third kappa shape index (κ3) is 4.83. The van der Waals surface area contributed by atoms with Crippen LogP contribution in [0.3, 0.4) is 0 Å². The Balaban J connectivity index is 2.34. The average Bonchev–Trinajstić information content (AvgIpc) is 2.25. The van der Waals surface area contributed by atoms with Crippen LogP contribution in [0.5, 0.6) is 0 Å². The Morgan fingerprint density at radius 2 is 1.80 bits per heavy atom. The molecule has 0 atom stereocenters. The van der Waals surface area contributed by atoms with E-state index in [1.807, 2.05) is 0 Å². The van der Waals surface area contributed by atoms with Crippen molar-refractivity contribution in [1.82, 2.24) is 4.57 Å². The van der Waals surface area contributed by atoms with Crippen LogP contribution in [0.2, 0.25) is 18.6 Å². The van der Waals surface area contributed by atoms with Gasteiger partial charge in [0.25, 0.3) is 0 Å². The molecule has 15 heavy (non-hydrogen) atoms. The van der Waals surface area contributed by atoms with Gasteiger partial charge in [-0.15, -0.1) is 0 Å². The summed E-state index contributed by atoms with van der Waals surface area (Å²) in [4.78, 5) is 0. The summed E-state index contributed by atoms with van der Waals surface area (Å²) in [7, 11) is 0.416. The minimum atomic E-state index is 0.0900. The van der Waals surface area contributed by atoms with Gasteiger partial charge in [0.2, 0.25) is 0 Å². The second-order valence-electron chi connectivity index (χ2n) is 5.33. The van der Waals surface area contributed by atoms with Crippen LogP contribution < -0.4 is 0 Å². The van der Waals surface area contributed by atoms with Gasteiger partial charge in [0.15, 0.2) is 0 Å². The smallest absolute Gasteiger partial charge is 0.0954 e. The molecule has 90 valence electrons. The quantitative estimate of drug-likeness (QED) is 0.510. The number of nitrogens with zero attached hydrogens (tertiary/aromatic N) is 1. The molecule has 0 bridgehead atoms. The lowest BCUT2D eigenvalue weighted by molar-refractivity contribution is 0.222. The molecule has 0 aromatic carbocycles. The molecule has 0 N–H and O–H groups in total. The molecule has 0 saturated heterocycles. The van der Waals surface area contributed by atoms with Gasteiger partial charge in [-0.25, -0.2) is 0 Å². The van der Waals surface area contributed by atoms with E-state index in [0.717, 1.165) is 12.1 Å². The Morgan fingerprint density at radius 1 is 1.13 bits per heavy atom. The van der Waals surface area contributed by atoms with Gasteiger partial charge in [0.1, 0.15) is 0 Å². The highest BCUT2D eigenvalue weighted by Gasteiger charge is 2.22. The normalized spacial score (nSPS) is 20.6. The van der Waals surface area contributed by atoms with Crippen LogP contribution in [-0.2, 0) is 0 Å². The molecule has 0 unspecified atom stereocenters. The van der Waals surface area contributed by atoms with Gasteiger partial charge >= 0.3 is 0 Å². The number of hydrogen-bond acceptors (Lipinski definition) is 1. The topological polar surface area (TPSA) is 3.24 Å². The largest absolute Gasteiger partial charge is 0.324 e. The minimum Gasteiger partial charge on any atom is -0.324 e. The molecular weight excluding hydrogens is 214 g/mol. The molecule has 1 fully saturated rings. The summed E-state index contributed by atoms with van der Waals surface area (Å²) >= 11 is 0. The van der Waals surface area contributed by atoms with Crippen molar-refractivity contribution < 1.29 is 0 Å². The zero-order valence-electron chi connectivity index (χ0n) is 11.0. The molecule has 1 rings (SSSR count). The van der Waals surface area contributed by atoms with Gasteiger partial charge in [0, 0.05) is 15.6 Å². The second-order valence-corrected chi connectivity index (χ2v) is 8.92. The lowest BCUT2D eigenvalue weighted by atomic mass is 9.95. The summed E-state index contributed by atoms with van der Waals surface area (Å²) in [5.74, 6) is 0. The molecule has 3 heteroatoms. The lowest BCUT2D eigenvalue weighted by Gasteiger charge is -2.37. The molecule has 0 aliphatic heterocycles. The summed E-state index contributed by atoms with van der Waals surface area (Å²) in [6.07, 6.45) is 7.46. The maximum atomic E-state index is 2.92. The second kappa shape index (κ2) is 7.63. The summed E-state index contributed by atoms with van der Waals surface area (Å²) in [5, 5.41) is 0. The van der Waals surface area contributed by atoms with Gasteiger partial charge in [-0.2, -0.15) is 0 Å². The summed E-state index contributed by atoms with van der Waals surface area (Å²) in [6, 6.07) is 4.99. The van der Waals surface area contributed by atoms with Crippen molar-refractivity contribution in [2.45, 2.75) is 76.7 Å². The number of hydrogen-bond donors (Lipinski definition) is 0. The molecule has 0 aromatic heterocycles. The van der Waals surface area contributed by atoms with Crippen LogP contribution in [0, 0.1) is 0 Å². The highest BCUT2D eigenvalue weighted by atomic mass is 28.2. The van der Waals surface area contributed by atoms with E-state index in [-0.39, 0.29) is 9.68 Å². The van der Waals surface area contributed by atoms with Crippen molar-refractivity contribution >= 4 is 19.2 Å². The monoisotopic (exact) mass is 243 g/mol. The first-order valence-electron chi connectivity index (χ1n) is 7.01. The SMILES string of the molecule is C[SiH2]CC[SiH2]N(C(C)C)C1CCCCC1. The van der Waals surface area contributed by atoms with Gasteiger partial charge < -0.3 is 4.57 Å². The Labute approximate surface area is 101 Å². The van der Waals surface area contributed by atoms with Gasteiger partial charge in [0.05, 0.1) is 9.68 Å². The molecule has 0 spiro atoms. The predicted octanol–water partition coefficient (Wildman–Crippen LogP) is 2.17. The third-order valence-corrected chi connectivity index (χ3v) is 8.51. The van der Waals surface area contributed by atoms with Crippen molar-refractivity contribution in [1.29, 1.82) is 0 Å². The Morgan fingerprint density at radius 3 is 2.33 bits per heavy atom. The van der Waals surface area contributed by atoms with Crippen LogP contribution in [0.25, 0.3) is 0 Å². The summed E-state index contributed by atoms with van der Waals surface area (Å²) in [5.41, 5.74) is 0. The van der Waals surface area contributed by atoms with Gasteiger partial charge in [-0.3, -0.25) is 0 Å². The van der Waals surface area contributed by atoms with Crippen LogP contribution >= 0.6 is 0 Å². The minimum absolute atomic E-state index is 0.0900. The summed E-state index contributed by atoms with van der Waals surface area (Å²) < 4.78 is 2.92. The molecule has 1 saturated carbocycles. The first-order valence-corrected chi connectivity index (χ1v) is 11.1. The van der Waals surface area contributed by atoms with Crippen LogP contribution in [0.4, 0.5) is 0 Å². The molecule has 0 radical (unpaired) electrons. The van der Waals surface area contributed by atoms with Gasteiger partial charge in [-0.05, 0) is 18.9 Å². The third-order valence-electron chi connectivity index (χ3n) is 3.73. The fourth-order valence-corrected chi connectivity index (χ4v) is 7.33. The highest BCUT2D eigenvalue weighted by Crippen LogP contribution is 2.23. The van der Waals surface area contributed by atoms with E-state index in [1.54, 1.807) is 12.1 Å². The molecule has 1 nitrogen and oxygen atoms in total. The van der Waals surface area contributed by atoms with E-state index >= 15 is 0 Å². The van der Waals surface area contributed by atoms with E-state index in [2.05, 4.69) is 25.0 Å². The standard InChI is InChI=1S/C12H29NSi2/c1-11(2)13(15-10-9-14-3)12-7-5-4-6-8-12/h11-12H,4-10,14-15H2,1-3H3. The van der Waals surface area contributed by atoms with Crippen LogP contribution in [-0.4, -0.2) is 35.8 Å². The van der Waals surface area contributed by atoms with Crippen molar-refractivity contribution in [3.63, 3.8) is 0 Å². The molecule has 1 aliphatic carbocycles. The van der Waals surface area contributed by atoms with E-state index in [4.69, 9.17) is 0 Å². The van der Waals surface area contributed by atoms with Crippen molar-refractivity contribution in [2.24, 2.45) is 0 Å². The Bertz CT molecular complexity index is 156. The summed E-state index contributed by atoms with van der Waals surface area (Å²) in [6.45, 7) is 7.27. The number of rotatable bonds is 6. The molecular formula is C12H29NSi2. The molecule has 0 amide bonds. The van der Waals surface area contributed by atoms with Crippen molar-refractivity contribution in [2.75, 3.05) is 0 Å². The van der Waals surface area contributed by atoms with E-state index in [0.29, 0.717) is 9.52 Å². The molecule has 1 aliphatic rings. The lowest BCUT2D eigenvalue weighted by Crippen LogP contribution is -2.44. The van der Waals surface area contributed by atoms with E-state index in [9.17, 15) is 0 Å². The highest BCUT2D eigenvalue weighted by molar-refractivity contribution is 6.39. The van der Waals surface area contributed by atoms with Crippen LogP contribution in [0.1, 0.15) is 46.0 Å². The van der Waals surface area contributed by atoms with Crippen LogP contribution in [0.15, 0.2) is 0 Å². The Kier molecular flexibility index (Phi) is 6.85. The zero-order chi connectivity index (χ0) is 11.1.